The zero-order valence-electron chi connectivity index (χ0n) is 11.4. The standard InChI is InChI=1S/C14H16N2O4/c1-8-3-4-10-12(11(8)13(17)18)15-14(20-10)16-5-6-19-7-9(16)2/h3-4,9H,5-7H2,1-2H3,(H,17,18)/t9-/m1/s1. The first-order chi connectivity index (χ1) is 9.58. The number of carbonyl (C=O) groups is 1. The van der Waals surface area contributed by atoms with Crippen molar-refractivity contribution in [2.45, 2.75) is 19.9 Å². The number of morpholine rings is 1. The molecule has 0 bridgehead atoms. The molecule has 0 amide bonds. The zero-order chi connectivity index (χ0) is 14.3. The topological polar surface area (TPSA) is 75.8 Å². The van der Waals surface area contributed by atoms with E-state index in [1.165, 1.54) is 0 Å². The zero-order valence-corrected chi connectivity index (χ0v) is 11.4. The van der Waals surface area contributed by atoms with Gasteiger partial charge < -0.3 is 19.2 Å². The summed E-state index contributed by atoms with van der Waals surface area (Å²) in [6.07, 6.45) is 0. The van der Waals surface area contributed by atoms with E-state index >= 15 is 0 Å². The van der Waals surface area contributed by atoms with Crippen LogP contribution >= 0.6 is 0 Å². The SMILES string of the molecule is Cc1ccc2oc(N3CCOC[C@H]3C)nc2c1C(=O)O. The Morgan fingerprint density at radius 2 is 2.30 bits per heavy atom. The van der Waals surface area contributed by atoms with Crippen molar-refractivity contribution >= 4 is 23.1 Å². The molecule has 1 fully saturated rings. The van der Waals surface area contributed by atoms with Crippen molar-refractivity contribution < 1.29 is 19.1 Å². The molecule has 1 aromatic carbocycles. The predicted molar refractivity (Wildman–Crippen MR) is 73.3 cm³/mol. The van der Waals surface area contributed by atoms with Gasteiger partial charge in [0.25, 0.3) is 6.01 Å². The highest BCUT2D eigenvalue weighted by atomic mass is 16.5. The molecular weight excluding hydrogens is 260 g/mol. The third-order valence-corrected chi connectivity index (χ3v) is 3.59. The van der Waals surface area contributed by atoms with E-state index in [1.54, 1.807) is 19.1 Å². The maximum atomic E-state index is 11.4. The maximum Gasteiger partial charge on any atom is 0.338 e. The van der Waals surface area contributed by atoms with Gasteiger partial charge in [0.15, 0.2) is 5.58 Å². The number of rotatable bonds is 2. The van der Waals surface area contributed by atoms with Gasteiger partial charge in [-0.05, 0) is 25.5 Å². The molecule has 1 saturated heterocycles. The van der Waals surface area contributed by atoms with E-state index in [0.29, 0.717) is 42.4 Å². The number of carboxylic acid groups (broad SMARTS) is 1. The first kappa shape index (κ1) is 12.9. The first-order valence-corrected chi connectivity index (χ1v) is 6.55. The molecule has 0 saturated carbocycles. The second-order valence-electron chi connectivity index (χ2n) is 5.02. The highest BCUT2D eigenvalue weighted by Crippen LogP contribution is 2.28. The number of hydrogen-bond donors (Lipinski definition) is 1. The van der Waals surface area contributed by atoms with Crippen LogP contribution in [-0.4, -0.2) is 41.9 Å². The average Bonchev–Trinajstić information content (AvgIpc) is 2.82. The maximum absolute atomic E-state index is 11.4. The van der Waals surface area contributed by atoms with Gasteiger partial charge in [0.1, 0.15) is 5.52 Å². The molecule has 0 unspecified atom stereocenters. The van der Waals surface area contributed by atoms with Crippen LogP contribution in [0.15, 0.2) is 16.5 Å². The van der Waals surface area contributed by atoms with E-state index in [-0.39, 0.29) is 11.6 Å². The average molecular weight is 276 g/mol. The van der Waals surface area contributed by atoms with Gasteiger partial charge in [-0.25, -0.2) is 4.79 Å². The molecule has 1 N–H and O–H groups in total. The highest BCUT2D eigenvalue weighted by Gasteiger charge is 2.25. The fraction of sp³-hybridized carbons (Fsp3) is 0.429. The molecule has 2 aromatic rings. The number of aryl methyl sites for hydroxylation is 1. The van der Waals surface area contributed by atoms with Crippen molar-refractivity contribution in [3.63, 3.8) is 0 Å². The van der Waals surface area contributed by atoms with Crippen molar-refractivity contribution in [1.82, 2.24) is 4.98 Å². The number of carboxylic acids is 1. The monoisotopic (exact) mass is 276 g/mol. The lowest BCUT2D eigenvalue weighted by atomic mass is 10.1. The van der Waals surface area contributed by atoms with Crippen LogP contribution in [0.2, 0.25) is 0 Å². The minimum atomic E-state index is -0.983. The summed E-state index contributed by atoms with van der Waals surface area (Å²) in [5.74, 6) is -0.983. The van der Waals surface area contributed by atoms with Gasteiger partial charge in [0.2, 0.25) is 0 Å². The van der Waals surface area contributed by atoms with Crippen molar-refractivity contribution in [2.75, 3.05) is 24.7 Å². The number of benzene rings is 1. The molecule has 6 heteroatoms. The Morgan fingerprint density at radius 1 is 1.50 bits per heavy atom. The van der Waals surface area contributed by atoms with Crippen LogP contribution in [0, 0.1) is 6.92 Å². The summed E-state index contributed by atoms with van der Waals surface area (Å²) < 4.78 is 11.1. The van der Waals surface area contributed by atoms with Gasteiger partial charge in [-0.3, -0.25) is 0 Å². The summed E-state index contributed by atoms with van der Waals surface area (Å²) in [4.78, 5) is 17.8. The van der Waals surface area contributed by atoms with Gasteiger partial charge in [0.05, 0.1) is 24.8 Å². The largest absolute Gasteiger partial charge is 0.478 e. The number of aromatic carboxylic acids is 1. The van der Waals surface area contributed by atoms with E-state index in [4.69, 9.17) is 9.15 Å². The number of ether oxygens (including phenoxy) is 1. The summed E-state index contributed by atoms with van der Waals surface area (Å²) in [7, 11) is 0. The van der Waals surface area contributed by atoms with Crippen LogP contribution in [0.25, 0.3) is 11.1 Å². The summed E-state index contributed by atoms with van der Waals surface area (Å²) >= 11 is 0. The van der Waals surface area contributed by atoms with Gasteiger partial charge in [0, 0.05) is 6.54 Å². The van der Waals surface area contributed by atoms with Crippen LogP contribution in [0.5, 0.6) is 0 Å². The molecule has 0 spiro atoms. The molecule has 1 aromatic heterocycles. The smallest absolute Gasteiger partial charge is 0.338 e. The van der Waals surface area contributed by atoms with Crippen molar-refractivity contribution in [3.05, 3.63) is 23.3 Å². The fourth-order valence-electron chi connectivity index (χ4n) is 2.49. The van der Waals surface area contributed by atoms with Gasteiger partial charge >= 0.3 is 5.97 Å². The van der Waals surface area contributed by atoms with Crippen LogP contribution < -0.4 is 4.90 Å². The lowest BCUT2D eigenvalue weighted by Gasteiger charge is -2.31. The summed E-state index contributed by atoms with van der Waals surface area (Å²) in [5, 5.41) is 9.32. The molecule has 1 atom stereocenters. The Morgan fingerprint density at radius 3 is 3.00 bits per heavy atom. The predicted octanol–water partition coefficient (Wildman–Crippen LogP) is 2.06. The summed E-state index contributed by atoms with van der Waals surface area (Å²) in [5.41, 5.74) is 1.80. The Bertz CT molecular complexity index is 664. The Kier molecular flexibility index (Phi) is 3.10. The van der Waals surface area contributed by atoms with Gasteiger partial charge in [-0.1, -0.05) is 6.07 Å². The molecule has 1 aliphatic heterocycles. The minimum absolute atomic E-state index is 0.159. The van der Waals surface area contributed by atoms with E-state index < -0.39 is 5.97 Å². The number of nitrogens with zero attached hydrogens (tertiary/aromatic N) is 2. The van der Waals surface area contributed by atoms with E-state index in [2.05, 4.69) is 4.98 Å². The van der Waals surface area contributed by atoms with Gasteiger partial charge in [-0.15, -0.1) is 0 Å². The Hall–Kier alpha value is -2.08. The lowest BCUT2D eigenvalue weighted by Crippen LogP contribution is -2.43. The van der Waals surface area contributed by atoms with Crippen molar-refractivity contribution in [3.8, 4) is 0 Å². The summed E-state index contributed by atoms with van der Waals surface area (Å²) in [6, 6.07) is 4.12. The van der Waals surface area contributed by atoms with Crippen LogP contribution in [0.3, 0.4) is 0 Å². The molecular formula is C14H16N2O4. The van der Waals surface area contributed by atoms with Crippen LogP contribution in [-0.2, 0) is 4.74 Å². The molecule has 6 nitrogen and oxygen atoms in total. The second-order valence-corrected chi connectivity index (χ2v) is 5.02. The number of anilines is 1. The number of aromatic nitrogens is 1. The minimum Gasteiger partial charge on any atom is -0.478 e. The van der Waals surface area contributed by atoms with Crippen molar-refractivity contribution in [1.29, 1.82) is 0 Å². The molecule has 1 aliphatic rings. The number of oxazole rings is 1. The molecule has 2 heterocycles. The van der Waals surface area contributed by atoms with E-state index in [0.717, 1.165) is 0 Å². The molecule has 0 aliphatic carbocycles. The van der Waals surface area contributed by atoms with Gasteiger partial charge in [-0.2, -0.15) is 4.98 Å². The Balaban J connectivity index is 2.10. The summed E-state index contributed by atoms with van der Waals surface area (Å²) in [6.45, 7) is 5.71. The Labute approximate surface area is 116 Å². The van der Waals surface area contributed by atoms with Crippen LogP contribution in [0.1, 0.15) is 22.8 Å². The quantitative estimate of drug-likeness (QED) is 0.904. The third kappa shape index (κ3) is 2.02. The highest BCUT2D eigenvalue weighted by molar-refractivity contribution is 6.02. The van der Waals surface area contributed by atoms with Crippen LogP contribution in [0.4, 0.5) is 6.01 Å². The number of hydrogen-bond acceptors (Lipinski definition) is 5. The molecule has 106 valence electrons. The third-order valence-electron chi connectivity index (χ3n) is 3.59. The lowest BCUT2D eigenvalue weighted by molar-refractivity contribution is 0.0698. The normalized spacial score (nSPS) is 19.5. The molecule has 0 radical (unpaired) electrons. The molecule has 3 rings (SSSR count). The van der Waals surface area contributed by atoms with E-state index in [9.17, 15) is 9.90 Å². The van der Waals surface area contributed by atoms with Crippen molar-refractivity contribution in [2.24, 2.45) is 0 Å². The van der Waals surface area contributed by atoms with E-state index in [1.807, 2.05) is 11.8 Å². The molecule has 20 heavy (non-hydrogen) atoms. The second kappa shape index (κ2) is 4.79. The fourth-order valence-corrected chi connectivity index (χ4v) is 2.49. The first-order valence-electron chi connectivity index (χ1n) is 6.55. The number of fused-ring (bicyclic) bond motifs is 1.